The molecule has 3 N–H and O–H groups in total. The molecule has 0 saturated heterocycles. The first kappa shape index (κ1) is 36.6. The molecule has 0 saturated carbocycles. The summed E-state index contributed by atoms with van der Waals surface area (Å²) in [6.07, 6.45) is 6.03. The fourth-order valence-corrected chi connectivity index (χ4v) is 2.25. The van der Waals surface area contributed by atoms with Crippen LogP contribution in [0.5, 0.6) is 0 Å². The van der Waals surface area contributed by atoms with Crippen molar-refractivity contribution < 1.29 is 38.6 Å². The number of alkyl carbamates (subject to hydrolysis) is 2. The van der Waals surface area contributed by atoms with Crippen LogP contribution in [0, 0.1) is 10.8 Å². The van der Waals surface area contributed by atoms with Gasteiger partial charge < -0.3 is 30.0 Å². The van der Waals surface area contributed by atoms with Crippen molar-refractivity contribution in [1.29, 1.82) is 0 Å². The van der Waals surface area contributed by atoms with Crippen LogP contribution in [0.1, 0.15) is 67.2 Å². The molecule has 0 radical (unpaired) electrons. The van der Waals surface area contributed by atoms with E-state index in [2.05, 4.69) is 65.3 Å². The van der Waals surface area contributed by atoms with E-state index in [0.29, 0.717) is 6.42 Å². The van der Waals surface area contributed by atoms with E-state index in [1.807, 2.05) is 0 Å². The average Bonchev–Trinajstić information content (AvgIpc) is 2.76. The summed E-state index contributed by atoms with van der Waals surface area (Å²) in [6.45, 7) is 19.8. The number of hydrogen-bond donors (Lipinski definition) is 3. The van der Waals surface area contributed by atoms with Crippen LogP contribution in [0.3, 0.4) is 0 Å². The maximum Gasteiger partial charge on any atom is 0.408 e. The van der Waals surface area contributed by atoms with E-state index < -0.39 is 18.2 Å². The Kier molecular flexibility index (Phi) is 22.5. The molecule has 0 aliphatic rings. The third-order valence-electron chi connectivity index (χ3n) is 4.12. The molecule has 0 aromatic rings. The van der Waals surface area contributed by atoms with Crippen molar-refractivity contribution in [3.63, 3.8) is 0 Å². The molecule has 35 heavy (non-hydrogen) atoms. The number of carbonyl (C=O) groups is 3. The van der Waals surface area contributed by atoms with Gasteiger partial charge in [-0.25, -0.2) is 9.59 Å². The topological polar surface area (TPSA) is 148 Å². The minimum Gasteiger partial charge on any atom is -0.445 e. The van der Waals surface area contributed by atoms with Crippen LogP contribution in [0.4, 0.5) is 9.59 Å². The zero-order valence-electron chi connectivity index (χ0n) is 22.1. The molecular formula is C25H44N2O8. The van der Waals surface area contributed by atoms with Gasteiger partial charge in [-0.1, -0.05) is 66.9 Å². The largest absolute Gasteiger partial charge is 0.445 e. The van der Waals surface area contributed by atoms with Crippen molar-refractivity contribution in [1.82, 2.24) is 10.6 Å². The van der Waals surface area contributed by atoms with Crippen molar-refractivity contribution in [2.75, 3.05) is 19.8 Å². The summed E-state index contributed by atoms with van der Waals surface area (Å²) in [6, 6.07) is -0.715. The van der Waals surface area contributed by atoms with Crippen molar-refractivity contribution in [2.24, 2.45) is 10.8 Å². The van der Waals surface area contributed by atoms with Gasteiger partial charge in [0.1, 0.15) is 19.5 Å². The molecule has 2 amide bonds. The maximum atomic E-state index is 11.2. The lowest BCUT2D eigenvalue weighted by molar-refractivity contribution is -0.191. The zero-order valence-corrected chi connectivity index (χ0v) is 22.1. The smallest absolute Gasteiger partial charge is 0.408 e. The zero-order chi connectivity index (χ0) is 27.9. The highest BCUT2D eigenvalue weighted by Crippen LogP contribution is 2.22. The van der Waals surface area contributed by atoms with E-state index in [-0.39, 0.29) is 42.8 Å². The minimum absolute atomic E-state index is 0.0702. The van der Waals surface area contributed by atoms with Gasteiger partial charge >= 0.3 is 18.3 Å². The van der Waals surface area contributed by atoms with Crippen LogP contribution in [0.15, 0.2) is 25.3 Å². The van der Waals surface area contributed by atoms with Crippen LogP contribution in [0.25, 0.3) is 0 Å². The molecule has 0 aromatic heterocycles. The number of aliphatic hydroxyl groups excluding tert-OH is 1. The molecule has 0 heterocycles. The molecule has 0 rings (SSSR count). The Hall–Kier alpha value is -2.97. The first-order chi connectivity index (χ1) is 16.2. The number of ether oxygens (including phenoxy) is 2. The number of carbonyl (C=O) groups excluding carboxylic acids is 5. The molecule has 0 bridgehead atoms. The van der Waals surface area contributed by atoms with Gasteiger partial charge in [0.05, 0.1) is 18.7 Å². The predicted molar refractivity (Wildman–Crippen MR) is 132 cm³/mol. The third-order valence-corrected chi connectivity index (χ3v) is 4.12. The Morgan fingerprint density at radius 2 is 1.29 bits per heavy atom. The molecule has 10 nitrogen and oxygen atoms in total. The molecule has 0 spiro atoms. The van der Waals surface area contributed by atoms with Crippen molar-refractivity contribution in [2.45, 2.75) is 79.3 Å². The molecular weight excluding hydrogens is 456 g/mol. The van der Waals surface area contributed by atoms with E-state index in [9.17, 15) is 14.4 Å². The van der Waals surface area contributed by atoms with E-state index in [0.717, 1.165) is 25.5 Å². The molecule has 0 aliphatic carbocycles. The predicted octanol–water partition coefficient (Wildman–Crippen LogP) is 3.79. The monoisotopic (exact) mass is 500 g/mol. The third kappa shape index (κ3) is 31.0. The fraction of sp³-hybridized carbons (Fsp3) is 0.680. The fourth-order valence-electron chi connectivity index (χ4n) is 2.25. The van der Waals surface area contributed by atoms with Crippen LogP contribution >= 0.6 is 0 Å². The first-order valence-corrected chi connectivity index (χ1v) is 11.3. The SMILES string of the molecule is C=CCOC(=O)NC(C=O)CCC(C)(C)C.C=CCOC(=O)NC(CO)CCC(C)(C)C.O=C=O. The number of nitrogens with one attached hydrogen (secondary N) is 2. The second-order valence-electron chi connectivity index (χ2n) is 9.97. The average molecular weight is 501 g/mol. The van der Waals surface area contributed by atoms with Gasteiger partial charge in [-0.3, -0.25) is 0 Å². The Bertz CT molecular complexity index is 645. The molecule has 202 valence electrons. The van der Waals surface area contributed by atoms with Crippen LogP contribution in [-0.2, 0) is 23.9 Å². The Balaban J connectivity index is -0.000000525. The van der Waals surface area contributed by atoms with E-state index in [4.69, 9.17) is 24.2 Å². The van der Waals surface area contributed by atoms with Crippen LogP contribution in [0.2, 0.25) is 0 Å². The van der Waals surface area contributed by atoms with E-state index >= 15 is 0 Å². The quantitative estimate of drug-likeness (QED) is 0.271. The first-order valence-electron chi connectivity index (χ1n) is 11.3. The van der Waals surface area contributed by atoms with Gasteiger partial charge in [0.25, 0.3) is 0 Å². The standard InChI is InChI=1S/C12H23NO3.C12H21NO3.CO2/c2*1-5-8-16-11(15)13-10(9-14)6-7-12(2,3)4;2-1-3/h5,10,14H,1,6-9H2,2-4H3,(H,13,15);5,9-10H,1,6-8H2,2-4H3,(H,13,15);. The summed E-state index contributed by atoms with van der Waals surface area (Å²) in [5.74, 6) is 0. The lowest BCUT2D eigenvalue weighted by Gasteiger charge is -2.22. The van der Waals surface area contributed by atoms with Gasteiger partial charge in [-0.05, 0) is 36.5 Å². The van der Waals surface area contributed by atoms with Gasteiger partial charge in [0, 0.05) is 0 Å². The van der Waals surface area contributed by atoms with Crippen molar-refractivity contribution in [3.05, 3.63) is 25.3 Å². The normalized spacial score (nSPS) is 12.0. The second kappa shape index (κ2) is 21.6. The summed E-state index contributed by atoms with van der Waals surface area (Å²) >= 11 is 0. The Morgan fingerprint density at radius 3 is 1.63 bits per heavy atom. The number of rotatable bonds is 12. The number of hydrogen-bond acceptors (Lipinski definition) is 8. The highest BCUT2D eigenvalue weighted by atomic mass is 16.6. The molecule has 0 fully saturated rings. The van der Waals surface area contributed by atoms with Gasteiger partial charge in [0.2, 0.25) is 0 Å². The Morgan fingerprint density at radius 1 is 0.886 bits per heavy atom. The highest BCUT2D eigenvalue weighted by Gasteiger charge is 2.17. The summed E-state index contributed by atoms with van der Waals surface area (Å²) in [7, 11) is 0. The van der Waals surface area contributed by atoms with Crippen molar-refractivity contribution >= 4 is 24.6 Å². The minimum atomic E-state index is -0.578. The molecule has 2 atom stereocenters. The van der Waals surface area contributed by atoms with E-state index in [1.165, 1.54) is 12.2 Å². The van der Waals surface area contributed by atoms with Gasteiger partial charge in [-0.15, -0.1) is 0 Å². The van der Waals surface area contributed by atoms with Crippen LogP contribution < -0.4 is 10.6 Å². The summed E-state index contributed by atoms with van der Waals surface area (Å²) in [5.41, 5.74) is 0.341. The Labute approximate surface area is 209 Å². The highest BCUT2D eigenvalue weighted by molar-refractivity contribution is 5.73. The van der Waals surface area contributed by atoms with E-state index in [1.54, 1.807) is 0 Å². The second-order valence-corrected chi connectivity index (χ2v) is 9.97. The summed E-state index contributed by atoms with van der Waals surface area (Å²) in [4.78, 5) is 49.4. The molecule has 0 aliphatic heterocycles. The number of aldehydes is 1. The molecule has 2 unspecified atom stereocenters. The van der Waals surface area contributed by atoms with Gasteiger partial charge in [-0.2, -0.15) is 9.59 Å². The summed E-state index contributed by atoms with van der Waals surface area (Å²) < 4.78 is 9.50. The number of amides is 2. The number of aliphatic hydroxyl groups is 1. The molecule has 0 aromatic carbocycles. The lowest BCUT2D eigenvalue weighted by atomic mass is 9.89. The van der Waals surface area contributed by atoms with Crippen LogP contribution in [-0.4, -0.2) is 61.6 Å². The maximum absolute atomic E-state index is 11.2. The molecule has 10 heteroatoms. The summed E-state index contributed by atoms with van der Waals surface area (Å²) in [5, 5.41) is 14.2. The lowest BCUT2D eigenvalue weighted by Crippen LogP contribution is -2.38. The van der Waals surface area contributed by atoms with Crippen molar-refractivity contribution in [3.8, 4) is 0 Å². The van der Waals surface area contributed by atoms with Gasteiger partial charge in [0.15, 0.2) is 0 Å².